The van der Waals surface area contributed by atoms with Crippen LogP contribution in [0.1, 0.15) is 5.56 Å². The van der Waals surface area contributed by atoms with Gasteiger partial charge < -0.3 is 14.8 Å². The number of benzene rings is 2. The van der Waals surface area contributed by atoms with Crippen molar-refractivity contribution < 1.29 is 9.47 Å². The maximum atomic E-state index is 9.15. The second-order valence-electron chi connectivity index (χ2n) is 3.85. The molecular formula is C15H14N2O2. The first-order valence-corrected chi connectivity index (χ1v) is 5.76. The van der Waals surface area contributed by atoms with Crippen molar-refractivity contribution in [3.63, 3.8) is 0 Å². The zero-order valence-electron chi connectivity index (χ0n) is 10.8. The van der Waals surface area contributed by atoms with Crippen LogP contribution < -0.4 is 14.8 Å². The van der Waals surface area contributed by atoms with E-state index in [1.54, 1.807) is 26.4 Å². The molecule has 0 aliphatic carbocycles. The molecule has 19 heavy (non-hydrogen) atoms. The maximum Gasteiger partial charge on any atom is 0.143 e. The minimum absolute atomic E-state index is 0.530. The van der Waals surface area contributed by atoms with E-state index in [0.717, 1.165) is 11.4 Å². The highest BCUT2D eigenvalue weighted by atomic mass is 16.5. The summed E-state index contributed by atoms with van der Waals surface area (Å²) in [7, 11) is 3.19. The van der Waals surface area contributed by atoms with Gasteiger partial charge in [0.1, 0.15) is 17.6 Å². The van der Waals surface area contributed by atoms with Gasteiger partial charge in [-0.1, -0.05) is 12.1 Å². The van der Waals surface area contributed by atoms with Crippen molar-refractivity contribution in [2.75, 3.05) is 19.5 Å². The summed E-state index contributed by atoms with van der Waals surface area (Å²) in [5, 5.41) is 12.3. The van der Waals surface area contributed by atoms with E-state index in [2.05, 4.69) is 11.4 Å². The van der Waals surface area contributed by atoms with E-state index in [1.807, 2.05) is 30.3 Å². The average Bonchev–Trinajstić information content (AvgIpc) is 2.47. The fraction of sp³-hybridized carbons (Fsp3) is 0.133. The molecule has 4 nitrogen and oxygen atoms in total. The molecule has 0 fully saturated rings. The lowest BCUT2D eigenvalue weighted by Crippen LogP contribution is -1.97. The van der Waals surface area contributed by atoms with Crippen LogP contribution in [0.15, 0.2) is 42.5 Å². The van der Waals surface area contributed by atoms with Crippen LogP contribution >= 0.6 is 0 Å². The highest BCUT2D eigenvalue weighted by Gasteiger charge is 2.09. The summed E-state index contributed by atoms with van der Waals surface area (Å²) in [6.45, 7) is 0. The highest BCUT2D eigenvalue weighted by molar-refractivity contribution is 5.73. The van der Waals surface area contributed by atoms with Crippen molar-refractivity contribution in [2.45, 2.75) is 0 Å². The lowest BCUT2D eigenvalue weighted by molar-refractivity contribution is 0.414. The molecule has 0 saturated carbocycles. The largest absolute Gasteiger partial charge is 0.497 e. The van der Waals surface area contributed by atoms with Crippen LogP contribution in [-0.2, 0) is 0 Å². The van der Waals surface area contributed by atoms with Gasteiger partial charge >= 0.3 is 0 Å². The third-order valence-electron chi connectivity index (χ3n) is 2.71. The normalized spacial score (nSPS) is 9.53. The number of para-hydroxylation sites is 1. The topological polar surface area (TPSA) is 54.3 Å². The molecule has 0 heterocycles. The van der Waals surface area contributed by atoms with Crippen LogP contribution in [0.4, 0.5) is 11.4 Å². The van der Waals surface area contributed by atoms with Crippen LogP contribution in [0.5, 0.6) is 11.5 Å². The van der Waals surface area contributed by atoms with E-state index in [-0.39, 0.29) is 0 Å². The van der Waals surface area contributed by atoms with Crippen molar-refractivity contribution in [1.29, 1.82) is 5.26 Å². The number of nitrogens with one attached hydrogen (secondary N) is 1. The lowest BCUT2D eigenvalue weighted by atomic mass is 10.1. The molecule has 0 amide bonds. The zero-order valence-corrected chi connectivity index (χ0v) is 10.8. The molecule has 0 saturated heterocycles. The molecule has 96 valence electrons. The van der Waals surface area contributed by atoms with Gasteiger partial charge in [0.15, 0.2) is 0 Å². The molecule has 0 spiro atoms. The summed E-state index contributed by atoms with van der Waals surface area (Å²) >= 11 is 0. The van der Waals surface area contributed by atoms with Crippen molar-refractivity contribution >= 4 is 11.4 Å². The summed E-state index contributed by atoms with van der Waals surface area (Å²) in [5.74, 6) is 1.38. The van der Waals surface area contributed by atoms with Crippen molar-refractivity contribution in [2.24, 2.45) is 0 Å². The Morgan fingerprint density at radius 1 is 1.05 bits per heavy atom. The number of nitrogens with zero attached hydrogens (tertiary/aromatic N) is 1. The van der Waals surface area contributed by atoms with Gasteiger partial charge in [0.2, 0.25) is 0 Å². The fourth-order valence-corrected chi connectivity index (χ4v) is 1.77. The van der Waals surface area contributed by atoms with Gasteiger partial charge in [0, 0.05) is 11.8 Å². The summed E-state index contributed by atoms with van der Waals surface area (Å²) < 4.78 is 10.4. The van der Waals surface area contributed by atoms with Crippen LogP contribution in [0.25, 0.3) is 0 Å². The Morgan fingerprint density at radius 2 is 1.84 bits per heavy atom. The number of rotatable bonds is 4. The van der Waals surface area contributed by atoms with Gasteiger partial charge in [-0.15, -0.1) is 0 Å². The van der Waals surface area contributed by atoms with Gasteiger partial charge in [-0.05, 0) is 24.3 Å². The number of nitriles is 1. The van der Waals surface area contributed by atoms with Gasteiger partial charge in [-0.3, -0.25) is 0 Å². The smallest absolute Gasteiger partial charge is 0.143 e. The van der Waals surface area contributed by atoms with Crippen LogP contribution in [0.3, 0.4) is 0 Å². The Kier molecular flexibility index (Phi) is 3.89. The zero-order chi connectivity index (χ0) is 13.7. The molecule has 2 aromatic carbocycles. The molecular weight excluding hydrogens is 240 g/mol. The highest BCUT2D eigenvalue weighted by Crippen LogP contribution is 2.31. The van der Waals surface area contributed by atoms with Crippen molar-refractivity contribution in [3.8, 4) is 17.6 Å². The Morgan fingerprint density at radius 3 is 2.53 bits per heavy atom. The van der Waals surface area contributed by atoms with E-state index in [9.17, 15) is 0 Å². The number of hydrogen-bond acceptors (Lipinski definition) is 4. The van der Waals surface area contributed by atoms with Gasteiger partial charge in [0.05, 0.1) is 25.5 Å². The molecule has 2 aromatic rings. The molecule has 0 aliphatic heterocycles. The van der Waals surface area contributed by atoms with E-state index in [0.29, 0.717) is 17.0 Å². The molecule has 1 N–H and O–H groups in total. The quantitative estimate of drug-likeness (QED) is 0.909. The molecule has 0 aromatic heterocycles. The average molecular weight is 254 g/mol. The molecule has 4 heteroatoms. The number of anilines is 2. The van der Waals surface area contributed by atoms with E-state index < -0.39 is 0 Å². The summed E-state index contributed by atoms with van der Waals surface area (Å²) in [6.07, 6.45) is 0. The number of methoxy groups -OCH3 is 2. The summed E-state index contributed by atoms with van der Waals surface area (Å²) in [6, 6.07) is 15.0. The Bertz CT molecular complexity index is 618. The minimum Gasteiger partial charge on any atom is -0.497 e. The first-order chi connectivity index (χ1) is 9.28. The first-order valence-electron chi connectivity index (χ1n) is 5.76. The van der Waals surface area contributed by atoms with E-state index in [4.69, 9.17) is 14.7 Å². The molecule has 2 rings (SSSR count). The second-order valence-corrected chi connectivity index (χ2v) is 3.85. The minimum atomic E-state index is 0.530. The first kappa shape index (κ1) is 12.8. The molecule has 0 aliphatic rings. The maximum absolute atomic E-state index is 9.15. The van der Waals surface area contributed by atoms with E-state index >= 15 is 0 Å². The van der Waals surface area contributed by atoms with E-state index in [1.165, 1.54) is 0 Å². The second kappa shape index (κ2) is 5.78. The van der Waals surface area contributed by atoms with Gasteiger partial charge in [-0.25, -0.2) is 0 Å². The Balaban J connectivity index is 2.39. The Labute approximate surface area is 112 Å². The summed E-state index contributed by atoms with van der Waals surface area (Å²) in [5.41, 5.74) is 2.02. The van der Waals surface area contributed by atoms with Gasteiger partial charge in [0.25, 0.3) is 0 Å². The van der Waals surface area contributed by atoms with Crippen molar-refractivity contribution in [1.82, 2.24) is 0 Å². The van der Waals surface area contributed by atoms with Gasteiger partial charge in [-0.2, -0.15) is 5.26 Å². The van der Waals surface area contributed by atoms with Crippen LogP contribution in [0, 0.1) is 11.3 Å². The molecule has 0 radical (unpaired) electrons. The standard InChI is InChI=1S/C15H14N2O2/c1-18-13-7-4-6-12(9-13)17-15-11(10-16)5-3-8-14(15)19-2/h3-9,17H,1-2H3. The number of hydrogen-bond donors (Lipinski definition) is 1. The predicted molar refractivity (Wildman–Crippen MR) is 74.0 cm³/mol. The molecule has 0 atom stereocenters. The lowest BCUT2D eigenvalue weighted by Gasteiger charge is -2.13. The molecule has 0 bridgehead atoms. The third-order valence-corrected chi connectivity index (χ3v) is 2.71. The van der Waals surface area contributed by atoms with Crippen LogP contribution in [0.2, 0.25) is 0 Å². The van der Waals surface area contributed by atoms with Crippen LogP contribution in [-0.4, -0.2) is 14.2 Å². The Hall–Kier alpha value is -2.67. The molecule has 0 unspecified atom stereocenters. The monoisotopic (exact) mass is 254 g/mol. The number of ether oxygens (including phenoxy) is 2. The predicted octanol–water partition coefficient (Wildman–Crippen LogP) is 3.32. The SMILES string of the molecule is COc1cccc(Nc2c(C#N)cccc2OC)c1. The third kappa shape index (κ3) is 2.78. The summed E-state index contributed by atoms with van der Waals surface area (Å²) in [4.78, 5) is 0. The van der Waals surface area contributed by atoms with Crippen molar-refractivity contribution in [3.05, 3.63) is 48.0 Å². The fourth-order valence-electron chi connectivity index (χ4n) is 1.77.